The summed E-state index contributed by atoms with van der Waals surface area (Å²) < 4.78 is 4.91. The van der Waals surface area contributed by atoms with E-state index in [1.807, 2.05) is 36.4 Å². The third-order valence-corrected chi connectivity index (χ3v) is 12.3. The Balaban J connectivity index is 1.14. The van der Waals surface area contributed by atoms with Crippen LogP contribution in [0.25, 0.3) is 93.0 Å². The Morgan fingerprint density at radius 1 is 0.491 bits per heavy atom. The quantitative estimate of drug-likeness (QED) is 0.184. The van der Waals surface area contributed by atoms with Crippen LogP contribution < -0.4 is 0 Å². The maximum Gasteiger partial charge on any atom is 0.165 e. The first-order valence-electron chi connectivity index (χ1n) is 18.0. The monoisotopic (exact) mass is 696 g/mol. The summed E-state index contributed by atoms with van der Waals surface area (Å²) in [5.74, 6) is 2.01. The lowest BCUT2D eigenvalue weighted by Gasteiger charge is -2.23. The Bertz CT molecular complexity index is 3020. The fourth-order valence-corrected chi connectivity index (χ4v) is 9.80. The predicted octanol–water partition coefficient (Wildman–Crippen LogP) is 12.6. The molecule has 0 radical (unpaired) electrons. The number of benzene rings is 7. The van der Waals surface area contributed by atoms with E-state index in [1.54, 1.807) is 11.3 Å². The summed E-state index contributed by atoms with van der Waals surface area (Å²) in [6.45, 7) is 4.76. The van der Waals surface area contributed by atoms with Crippen LogP contribution in [0.2, 0.25) is 0 Å². The van der Waals surface area contributed by atoms with E-state index < -0.39 is 0 Å². The van der Waals surface area contributed by atoms with Gasteiger partial charge in [0.1, 0.15) is 0 Å². The minimum atomic E-state index is -0.145. The summed E-state index contributed by atoms with van der Waals surface area (Å²) in [5, 5.41) is 4.99. The van der Waals surface area contributed by atoms with Gasteiger partial charge in [-0.15, -0.1) is 11.3 Å². The molecule has 0 saturated carbocycles. The van der Waals surface area contributed by atoms with Crippen LogP contribution in [0.4, 0.5) is 0 Å². The molecule has 7 aromatic carbocycles. The van der Waals surface area contributed by atoms with Crippen molar-refractivity contribution in [1.29, 1.82) is 0 Å². The second-order valence-electron chi connectivity index (χ2n) is 14.4. The van der Waals surface area contributed by atoms with E-state index >= 15 is 0 Å². The van der Waals surface area contributed by atoms with Gasteiger partial charge in [-0.05, 0) is 52.6 Å². The molecule has 3 heterocycles. The molecule has 53 heavy (non-hydrogen) atoms. The Hall–Kier alpha value is -6.43. The van der Waals surface area contributed by atoms with Gasteiger partial charge in [-0.1, -0.05) is 141 Å². The van der Waals surface area contributed by atoms with Crippen molar-refractivity contribution in [1.82, 2.24) is 19.5 Å². The molecule has 0 amide bonds. The summed E-state index contributed by atoms with van der Waals surface area (Å²) in [7, 11) is 0. The number of rotatable bonds is 4. The largest absolute Gasteiger partial charge is 0.309 e. The molecule has 0 aliphatic heterocycles. The Kier molecular flexibility index (Phi) is 6.43. The predicted molar refractivity (Wildman–Crippen MR) is 221 cm³/mol. The molecule has 1 aliphatic rings. The smallest absolute Gasteiger partial charge is 0.165 e. The van der Waals surface area contributed by atoms with Crippen LogP contribution in [0.15, 0.2) is 158 Å². The minimum absolute atomic E-state index is 0.145. The molecule has 11 rings (SSSR count). The van der Waals surface area contributed by atoms with Crippen LogP contribution in [-0.2, 0) is 5.41 Å². The first kappa shape index (κ1) is 30.2. The van der Waals surface area contributed by atoms with Gasteiger partial charge in [0.2, 0.25) is 0 Å². The van der Waals surface area contributed by atoms with Crippen LogP contribution in [0.1, 0.15) is 25.0 Å². The van der Waals surface area contributed by atoms with E-state index in [4.69, 9.17) is 15.0 Å². The van der Waals surface area contributed by atoms with Crippen molar-refractivity contribution in [3.8, 4) is 51.0 Å². The normalized spacial score (nSPS) is 13.2. The molecule has 3 aromatic heterocycles. The van der Waals surface area contributed by atoms with E-state index in [0.29, 0.717) is 17.5 Å². The van der Waals surface area contributed by atoms with Gasteiger partial charge >= 0.3 is 0 Å². The Morgan fingerprint density at radius 3 is 1.91 bits per heavy atom. The average Bonchev–Trinajstić information content (AvgIpc) is 3.83. The van der Waals surface area contributed by atoms with Crippen molar-refractivity contribution >= 4 is 53.3 Å². The molecule has 0 fully saturated rings. The van der Waals surface area contributed by atoms with E-state index in [1.165, 1.54) is 64.2 Å². The first-order chi connectivity index (χ1) is 26.0. The third kappa shape index (κ3) is 4.44. The number of aromatic nitrogens is 4. The van der Waals surface area contributed by atoms with Crippen molar-refractivity contribution in [3.63, 3.8) is 0 Å². The highest BCUT2D eigenvalue weighted by Gasteiger charge is 2.38. The second kappa shape index (κ2) is 11.3. The molecular weight excluding hydrogens is 665 g/mol. The van der Waals surface area contributed by atoms with E-state index in [2.05, 4.69) is 140 Å². The number of para-hydroxylation sites is 1. The number of thiophene rings is 1. The molecule has 0 N–H and O–H groups in total. The van der Waals surface area contributed by atoms with Crippen molar-refractivity contribution in [3.05, 3.63) is 169 Å². The van der Waals surface area contributed by atoms with Gasteiger partial charge in [0.05, 0.1) is 11.0 Å². The minimum Gasteiger partial charge on any atom is -0.309 e. The summed E-state index contributed by atoms with van der Waals surface area (Å²) >= 11 is 1.80. The molecule has 250 valence electrons. The maximum absolute atomic E-state index is 5.09. The summed E-state index contributed by atoms with van der Waals surface area (Å²) in [6.07, 6.45) is 0. The second-order valence-corrected chi connectivity index (χ2v) is 15.5. The van der Waals surface area contributed by atoms with Crippen LogP contribution in [0.5, 0.6) is 0 Å². The first-order valence-corrected chi connectivity index (χ1v) is 18.9. The van der Waals surface area contributed by atoms with Gasteiger partial charge in [-0.3, -0.25) is 0 Å². The molecule has 0 atom stereocenters. The van der Waals surface area contributed by atoms with Gasteiger partial charge < -0.3 is 4.57 Å². The highest BCUT2D eigenvalue weighted by Crippen LogP contribution is 2.53. The fourth-order valence-electron chi connectivity index (χ4n) is 8.61. The van der Waals surface area contributed by atoms with E-state index in [-0.39, 0.29) is 5.41 Å². The number of fused-ring (bicyclic) bond motifs is 10. The topological polar surface area (TPSA) is 43.6 Å². The zero-order valence-electron chi connectivity index (χ0n) is 29.2. The number of nitrogens with zero attached hydrogens (tertiary/aromatic N) is 4. The standard InChI is InChI=1S/C48H32N4S/c1-48(2)39-22-11-9-18-32(39)34-25-26-35-33-19-10-12-23-40(33)52(43(35)42(34)48)31-24-27-41-38(28-31)36-20-13-21-37(44(36)53-41)47-50-45(29-14-5-3-6-15-29)49-46(51-47)30-16-7-4-8-17-30/h3-28H,1-2H3. The van der Waals surface area contributed by atoms with Crippen molar-refractivity contribution in [2.45, 2.75) is 19.3 Å². The lowest BCUT2D eigenvalue weighted by molar-refractivity contribution is 0.664. The van der Waals surface area contributed by atoms with Crippen molar-refractivity contribution in [2.24, 2.45) is 0 Å². The van der Waals surface area contributed by atoms with E-state index in [9.17, 15) is 0 Å². The zero-order chi connectivity index (χ0) is 35.3. The molecule has 0 bridgehead atoms. The molecule has 4 nitrogen and oxygen atoms in total. The van der Waals surface area contributed by atoms with Gasteiger partial charge in [0.25, 0.3) is 0 Å². The average molecular weight is 697 g/mol. The molecule has 0 saturated heterocycles. The lowest BCUT2D eigenvalue weighted by Crippen LogP contribution is -2.16. The highest BCUT2D eigenvalue weighted by atomic mass is 32.1. The molecule has 0 spiro atoms. The fraction of sp³-hybridized carbons (Fsp3) is 0.0625. The Morgan fingerprint density at radius 2 is 1.13 bits per heavy atom. The van der Waals surface area contributed by atoms with Crippen molar-refractivity contribution in [2.75, 3.05) is 0 Å². The van der Waals surface area contributed by atoms with Gasteiger partial charge in [0.15, 0.2) is 17.5 Å². The van der Waals surface area contributed by atoms with Crippen LogP contribution in [0.3, 0.4) is 0 Å². The molecule has 5 heteroatoms. The van der Waals surface area contributed by atoms with Crippen LogP contribution in [0, 0.1) is 0 Å². The highest BCUT2D eigenvalue weighted by molar-refractivity contribution is 7.26. The SMILES string of the molecule is CC1(C)c2ccccc2-c2ccc3c4ccccc4n(-c4ccc5sc6c(-c7nc(-c8ccccc8)nc(-c8ccccc8)n7)cccc6c5c4)c3c21. The van der Waals surface area contributed by atoms with Crippen molar-refractivity contribution < 1.29 is 0 Å². The molecule has 10 aromatic rings. The zero-order valence-corrected chi connectivity index (χ0v) is 30.0. The van der Waals surface area contributed by atoms with Crippen LogP contribution >= 0.6 is 11.3 Å². The summed E-state index contributed by atoms with van der Waals surface area (Å²) in [4.78, 5) is 15.1. The molecule has 1 aliphatic carbocycles. The molecular formula is C48H32N4S. The van der Waals surface area contributed by atoms with Gasteiger partial charge in [0, 0.05) is 58.7 Å². The Labute approximate surface area is 310 Å². The lowest BCUT2D eigenvalue weighted by atomic mass is 9.81. The summed E-state index contributed by atoms with van der Waals surface area (Å²) in [5.41, 5.74) is 11.9. The van der Waals surface area contributed by atoms with Gasteiger partial charge in [-0.2, -0.15) is 0 Å². The number of hydrogen-bond donors (Lipinski definition) is 0. The third-order valence-electron chi connectivity index (χ3n) is 11.0. The van der Waals surface area contributed by atoms with Crippen LogP contribution in [-0.4, -0.2) is 19.5 Å². The van der Waals surface area contributed by atoms with Gasteiger partial charge in [-0.25, -0.2) is 15.0 Å². The van der Waals surface area contributed by atoms with E-state index in [0.717, 1.165) is 22.4 Å². The maximum atomic E-state index is 5.09. The number of hydrogen-bond acceptors (Lipinski definition) is 4. The molecule has 0 unspecified atom stereocenters. The summed E-state index contributed by atoms with van der Waals surface area (Å²) in [6, 6.07) is 56.3.